The van der Waals surface area contributed by atoms with E-state index in [0.29, 0.717) is 44.0 Å². The number of nitrogens with one attached hydrogen (secondary N) is 1. The molecule has 1 aromatic heterocycles. The van der Waals surface area contributed by atoms with E-state index in [1.807, 2.05) is 26.0 Å². The number of nitrogens with zero attached hydrogens (tertiary/aromatic N) is 2. The van der Waals surface area contributed by atoms with E-state index >= 15 is 0 Å². The molecule has 31 heavy (non-hydrogen) atoms. The van der Waals surface area contributed by atoms with Crippen LogP contribution in [0.25, 0.3) is 0 Å². The Labute approximate surface area is 182 Å². The Kier molecular flexibility index (Phi) is 6.15. The number of amides is 1. The van der Waals surface area contributed by atoms with Crippen molar-refractivity contribution in [2.24, 2.45) is 5.92 Å². The molecular weight excluding hydrogens is 418 g/mol. The number of hydrogen-bond donors (Lipinski definition) is 1. The highest BCUT2D eigenvalue weighted by Gasteiger charge is 2.33. The van der Waals surface area contributed by atoms with Crippen molar-refractivity contribution in [1.29, 1.82) is 0 Å². The molecule has 1 N–H and O–H groups in total. The largest absolute Gasteiger partial charge is 0.492 e. The lowest BCUT2D eigenvalue weighted by Gasteiger charge is -2.30. The summed E-state index contributed by atoms with van der Waals surface area (Å²) in [4.78, 5) is 17.0. The Balaban J connectivity index is 1.42. The fourth-order valence-electron chi connectivity index (χ4n) is 4.05. The SMILES string of the molecule is CCOc1cc2c(cc1NC(=O)C1CCN(S(=O)(=O)c3cccnc3)CC1)OC(C)C2. The topological polar surface area (TPSA) is 97.8 Å². The molecule has 2 aromatic rings. The van der Waals surface area contributed by atoms with Crippen LogP contribution in [-0.2, 0) is 21.2 Å². The molecule has 1 fully saturated rings. The van der Waals surface area contributed by atoms with E-state index in [2.05, 4.69) is 10.3 Å². The van der Waals surface area contributed by atoms with Crippen LogP contribution in [0.5, 0.6) is 11.5 Å². The monoisotopic (exact) mass is 445 g/mol. The molecule has 1 atom stereocenters. The van der Waals surface area contributed by atoms with Gasteiger partial charge in [0.05, 0.1) is 12.3 Å². The van der Waals surface area contributed by atoms with Crippen molar-refractivity contribution in [3.63, 3.8) is 0 Å². The van der Waals surface area contributed by atoms with Crippen LogP contribution in [0.1, 0.15) is 32.3 Å². The van der Waals surface area contributed by atoms with Crippen LogP contribution in [0.4, 0.5) is 5.69 Å². The Bertz CT molecular complexity index is 1050. The molecule has 0 saturated carbocycles. The first kappa shape index (κ1) is 21.6. The molecule has 9 heteroatoms. The first-order chi connectivity index (χ1) is 14.9. The lowest BCUT2D eigenvalue weighted by atomic mass is 9.97. The predicted molar refractivity (Wildman–Crippen MR) is 116 cm³/mol. The summed E-state index contributed by atoms with van der Waals surface area (Å²) in [6.07, 6.45) is 4.70. The van der Waals surface area contributed by atoms with Crippen molar-refractivity contribution in [3.05, 3.63) is 42.2 Å². The molecule has 0 aliphatic carbocycles. The van der Waals surface area contributed by atoms with Crippen molar-refractivity contribution in [2.75, 3.05) is 25.0 Å². The van der Waals surface area contributed by atoms with Gasteiger partial charge in [0.25, 0.3) is 0 Å². The van der Waals surface area contributed by atoms with Crippen molar-refractivity contribution in [1.82, 2.24) is 9.29 Å². The zero-order chi connectivity index (χ0) is 22.0. The van der Waals surface area contributed by atoms with Gasteiger partial charge in [0.15, 0.2) is 0 Å². The summed E-state index contributed by atoms with van der Waals surface area (Å²) in [7, 11) is -3.59. The van der Waals surface area contributed by atoms with Crippen molar-refractivity contribution >= 4 is 21.6 Å². The van der Waals surface area contributed by atoms with E-state index in [1.54, 1.807) is 6.07 Å². The number of anilines is 1. The molecule has 166 valence electrons. The van der Waals surface area contributed by atoms with E-state index in [1.165, 1.54) is 22.8 Å². The zero-order valence-corrected chi connectivity index (χ0v) is 18.5. The predicted octanol–water partition coefficient (Wildman–Crippen LogP) is 2.84. The van der Waals surface area contributed by atoms with Crippen LogP contribution in [0, 0.1) is 5.92 Å². The van der Waals surface area contributed by atoms with E-state index < -0.39 is 10.0 Å². The van der Waals surface area contributed by atoms with Crippen molar-refractivity contribution in [3.8, 4) is 11.5 Å². The van der Waals surface area contributed by atoms with E-state index in [9.17, 15) is 13.2 Å². The molecule has 1 saturated heterocycles. The molecule has 0 bridgehead atoms. The number of aromatic nitrogens is 1. The molecule has 3 heterocycles. The summed E-state index contributed by atoms with van der Waals surface area (Å²) in [5.74, 6) is 0.987. The van der Waals surface area contributed by atoms with Gasteiger partial charge < -0.3 is 14.8 Å². The second kappa shape index (κ2) is 8.84. The van der Waals surface area contributed by atoms with Gasteiger partial charge in [-0.25, -0.2) is 8.42 Å². The summed E-state index contributed by atoms with van der Waals surface area (Å²) in [5.41, 5.74) is 1.66. The number of benzene rings is 1. The highest BCUT2D eigenvalue weighted by atomic mass is 32.2. The van der Waals surface area contributed by atoms with Gasteiger partial charge >= 0.3 is 0 Å². The van der Waals surface area contributed by atoms with Gasteiger partial charge in [-0.15, -0.1) is 0 Å². The second-order valence-corrected chi connectivity index (χ2v) is 9.82. The van der Waals surface area contributed by atoms with Crippen LogP contribution in [0.15, 0.2) is 41.6 Å². The normalized spacial score (nSPS) is 19.5. The summed E-state index contributed by atoms with van der Waals surface area (Å²) in [5, 5.41) is 2.97. The maximum Gasteiger partial charge on any atom is 0.244 e. The molecule has 4 rings (SSSR count). The van der Waals surface area contributed by atoms with E-state index in [-0.39, 0.29) is 22.8 Å². The maximum absolute atomic E-state index is 12.9. The summed E-state index contributed by atoms with van der Waals surface area (Å²) < 4.78 is 38.5. The minimum absolute atomic E-state index is 0.0986. The van der Waals surface area contributed by atoms with Crippen molar-refractivity contribution < 1.29 is 22.7 Å². The molecule has 2 aliphatic heterocycles. The Hall–Kier alpha value is -2.65. The quantitative estimate of drug-likeness (QED) is 0.734. The average molecular weight is 446 g/mol. The number of hydrogen-bond acceptors (Lipinski definition) is 6. The van der Waals surface area contributed by atoms with Gasteiger partial charge in [0.2, 0.25) is 15.9 Å². The molecule has 1 amide bonds. The van der Waals surface area contributed by atoms with Gasteiger partial charge in [-0.2, -0.15) is 4.31 Å². The zero-order valence-electron chi connectivity index (χ0n) is 17.7. The average Bonchev–Trinajstić information content (AvgIpc) is 3.13. The smallest absolute Gasteiger partial charge is 0.244 e. The molecule has 1 unspecified atom stereocenters. The lowest BCUT2D eigenvalue weighted by molar-refractivity contribution is -0.120. The van der Waals surface area contributed by atoms with Gasteiger partial charge in [-0.3, -0.25) is 9.78 Å². The molecular formula is C22H27N3O5S. The molecule has 2 aliphatic rings. The molecule has 8 nitrogen and oxygen atoms in total. The minimum atomic E-state index is -3.59. The molecule has 0 spiro atoms. The molecule has 0 radical (unpaired) electrons. The second-order valence-electron chi connectivity index (χ2n) is 7.88. The van der Waals surface area contributed by atoms with Gasteiger partial charge in [0, 0.05) is 49.5 Å². The first-order valence-electron chi connectivity index (χ1n) is 10.6. The van der Waals surface area contributed by atoms with Crippen LogP contribution in [0.3, 0.4) is 0 Å². The number of rotatable bonds is 6. The first-order valence-corrected chi connectivity index (χ1v) is 12.0. The Morgan fingerprint density at radius 3 is 2.77 bits per heavy atom. The third-order valence-corrected chi connectivity index (χ3v) is 7.54. The number of carbonyl (C=O) groups is 1. The number of fused-ring (bicyclic) bond motifs is 1. The van der Waals surface area contributed by atoms with Gasteiger partial charge in [-0.1, -0.05) is 0 Å². The number of piperidine rings is 1. The fraction of sp³-hybridized carbons (Fsp3) is 0.455. The molecule has 1 aromatic carbocycles. The number of ether oxygens (including phenoxy) is 2. The summed E-state index contributed by atoms with van der Waals surface area (Å²) in [6.45, 7) is 4.97. The lowest BCUT2D eigenvalue weighted by Crippen LogP contribution is -2.41. The van der Waals surface area contributed by atoms with Crippen LogP contribution < -0.4 is 14.8 Å². The highest BCUT2D eigenvalue weighted by Crippen LogP contribution is 2.38. The van der Waals surface area contributed by atoms with E-state index in [0.717, 1.165) is 17.7 Å². The summed E-state index contributed by atoms with van der Waals surface area (Å²) >= 11 is 0. The van der Waals surface area contributed by atoms with Crippen LogP contribution >= 0.6 is 0 Å². The van der Waals surface area contributed by atoms with Crippen molar-refractivity contribution in [2.45, 2.75) is 44.1 Å². The Morgan fingerprint density at radius 1 is 1.32 bits per heavy atom. The Morgan fingerprint density at radius 2 is 2.10 bits per heavy atom. The van der Waals surface area contributed by atoms with Crippen LogP contribution in [-0.4, -0.2) is 49.4 Å². The van der Waals surface area contributed by atoms with Crippen LogP contribution in [0.2, 0.25) is 0 Å². The van der Waals surface area contributed by atoms with Gasteiger partial charge in [-0.05, 0) is 44.9 Å². The fourth-order valence-corrected chi connectivity index (χ4v) is 5.49. The summed E-state index contributed by atoms with van der Waals surface area (Å²) in [6, 6.07) is 6.89. The van der Waals surface area contributed by atoms with Gasteiger partial charge in [0.1, 0.15) is 22.5 Å². The number of sulfonamides is 1. The third-order valence-electron chi connectivity index (χ3n) is 5.65. The number of carbonyl (C=O) groups excluding carboxylic acids is 1. The third kappa shape index (κ3) is 4.52. The minimum Gasteiger partial charge on any atom is -0.492 e. The number of pyridine rings is 1. The standard InChI is InChI=1S/C22H27N3O5S/c1-3-29-21-12-17-11-15(2)30-20(17)13-19(21)24-22(26)16-6-9-25(10-7-16)31(27,28)18-5-4-8-23-14-18/h4-5,8,12-16H,3,6-7,9-11H2,1-2H3,(H,24,26). The maximum atomic E-state index is 12.9. The van der Waals surface area contributed by atoms with E-state index in [4.69, 9.17) is 9.47 Å². The highest BCUT2D eigenvalue weighted by molar-refractivity contribution is 7.89.